The fourth-order valence-corrected chi connectivity index (χ4v) is 4.38. The zero-order valence-corrected chi connectivity index (χ0v) is 14.5. The first-order chi connectivity index (χ1) is 9.57. The SMILES string of the molecule is CCNC(CC)(CCCSc1nnc(SC)s1)C(=O)O. The molecule has 0 saturated carbocycles. The van der Waals surface area contributed by atoms with E-state index in [1.165, 1.54) is 0 Å². The van der Waals surface area contributed by atoms with E-state index < -0.39 is 11.5 Å². The van der Waals surface area contributed by atoms with E-state index in [2.05, 4.69) is 15.5 Å². The van der Waals surface area contributed by atoms with Crippen LogP contribution in [0, 0.1) is 0 Å². The van der Waals surface area contributed by atoms with Crippen molar-refractivity contribution in [1.29, 1.82) is 0 Å². The minimum atomic E-state index is -0.791. The molecule has 8 heteroatoms. The van der Waals surface area contributed by atoms with Crippen molar-refractivity contribution in [2.45, 2.75) is 47.3 Å². The van der Waals surface area contributed by atoms with Gasteiger partial charge in [0.2, 0.25) is 0 Å². The molecule has 1 unspecified atom stereocenters. The van der Waals surface area contributed by atoms with Crippen LogP contribution in [-0.2, 0) is 4.79 Å². The van der Waals surface area contributed by atoms with Gasteiger partial charge in [0.05, 0.1) is 0 Å². The molecule has 114 valence electrons. The van der Waals surface area contributed by atoms with Crippen molar-refractivity contribution in [3.63, 3.8) is 0 Å². The molecule has 2 N–H and O–H groups in total. The molecule has 0 radical (unpaired) electrons. The van der Waals surface area contributed by atoms with E-state index in [4.69, 9.17) is 0 Å². The predicted octanol–water partition coefficient (Wildman–Crippen LogP) is 2.98. The first-order valence-corrected chi connectivity index (χ1v) is 9.59. The second kappa shape index (κ2) is 8.86. The number of nitrogens with one attached hydrogen (secondary N) is 1. The second-order valence-corrected chi connectivity index (χ2v) is 7.63. The highest BCUT2D eigenvalue weighted by atomic mass is 32.2. The molecule has 1 rings (SSSR count). The molecule has 0 amide bonds. The number of nitrogens with zero attached hydrogens (tertiary/aromatic N) is 2. The highest BCUT2D eigenvalue weighted by molar-refractivity contribution is 8.02. The lowest BCUT2D eigenvalue weighted by Gasteiger charge is -2.29. The summed E-state index contributed by atoms with van der Waals surface area (Å²) in [5, 5.41) is 20.7. The van der Waals surface area contributed by atoms with Crippen LogP contribution in [0.1, 0.15) is 33.1 Å². The van der Waals surface area contributed by atoms with E-state index >= 15 is 0 Å². The summed E-state index contributed by atoms with van der Waals surface area (Å²) < 4.78 is 1.92. The van der Waals surface area contributed by atoms with Gasteiger partial charge in [-0.3, -0.25) is 4.79 Å². The minimum Gasteiger partial charge on any atom is -0.480 e. The lowest BCUT2D eigenvalue weighted by atomic mass is 9.91. The van der Waals surface area contributed by atoms with E-state index in [1.54, 1.807) is 34.9 Å². The maximum Gasteiger partial charge on any atom is 0.323 e. The van der Waals surface area contributed by atoms with Gasteiger partial charge >= 0.3 is 5.97 Å². The number of carboxylic acids is 1. The van der Waals surface area contributed by atoms with Gasteiger partial charge in [-0.15, -0.1) is 10.2 Å². The molecule has 0 saturated heterocycles. The van der Waals surface area contributed by atoms with Crippen LogP contribution in [-0.4, -0.2) is 45.4 Å². The molecule has 0 aliphatic heterocycles. The van der Waals surface area contributed by atoms with Crippen LogP contribution in [0.3, 0.4) is 0 Å². The number of aliphatic carboxylic acids is 1. The summed E-state index contributed by atoms with van der Waals surface area (Å²) in [4.78, 5) is 11.5. The summed E-state index contributed by atoms with van der Waals surface area (Å²) >= 11 is 4.82. The van der Waals surface area contributed by atoms with Crippen molar-refractivity contribution in [3.8, 4) is 0 Å². The minimum absolute atomic E-state index is 0.594. The van der Waals surface area contributed by atoms with Crippen LogP contribution in [0.2, 0.25) is 0 Å². The smallest absolute Gasteiger partial charge is 0.323 e. The number of carbonyl (C=O) groups is 1. The summed E-state index contributed by atoms with van der Waals surface area (Å²) in [7, 11) is 0. The zero-order valence-electron chi connectivity index (χ0n) is 12.0. The van der Waals surface area contributed by atoms with Gasteiger partial charge in [0.1, 0.15) is 5.54 Å². The van der Waals surface area contributed by atoms with Gasteiger partial charge in [-0.2, -0.15) is 0 Å². The van der Waals surface area contributed by atoms with Gasteiger partial charge < -0.3 is 10.4 Å². The van der Waals surface area contributed by atoms with Crippen molar-refractivity contribution >= 4 is 40.8 Å². The summed E-state index contributed by atoms with van der Waals surface area (Å²) in [5.74, 6) is 0.108. The Labute approximate surface area is 132 Å². The maximum absolute atomic E-state index is 11.5. The average Bonchev–Trinajstić information content (AvgIpc) is 2.90. The van der Waals surface area contributed by atoms with Crippen LogP contribution in [0.4, 0.5) is 0 Å². The molecule has 5 nitrogen and oxygen atoms in total. The lowest BCUT2D eigenvalue weighted by molar-refractivity contribution is -0.145. The third-order valence-electron chi connectivity index (χ3n) is 3.06. The molecule has 0 bridgehead atoms. The molecule has 0 spiro atoms. The molecule has 0 aliphatic carbocycles. The van der Waals surface area contributed by atoms with Gasteiger partial charge in [-0.1, -0.05) is 48.7 Å². The summed E-state index contributed by atoms with van der Waals surface area (Å²) in [6.07, 6.45) is 4.05. The first kappa shape index (κ1) is 17.7. The molecule has 1 heterocycles. The maximum atomic E-state index is 11.5. The summed E-state index contributed by atoms with van der Waals surface area (Å²) in [6.45, 7) is 4.52. The van der Waals surface area contributed by atoms with Gasteiger partial charge in [0.15, 0.2) is 8.68 Å². The number of hydrogen-bond acceptors (Lipinski definition) is 7. The lowest BCUT2D eigenvalue weighted by Crippen LogP contribution is -2.51. The van der Waals surface area contributed by atoms with E-state index in [9.17, 15) is 9.90 Å². The Bertz CT molecular complexity index is 428. The topological polar surface area (TPSA) is 75.1 Å². The highest BCUT2D eigenvalue weighted by Crippen LogP contribution is 2.29. The predicted molar refractivity (Wildman–Crippen MR) is 86.0 cm³/mol. The van der Waals surface area contributed by atoms with Crippen molar-refractivity contribution < 1.29 is 9.90 Å². The Morgan fingerprint density at radius 3 is 2.60 bits per heavy atom. The fourth-order valence-electron chi connectivity index (χ4n) is 1.93. The van der Waals surface area contributed by atoms with Gasteiger partial charge in [-0.05, 0) is 32.1 Å². The normalized spacial score (nSPS) is 14.2. The van der Waals surface area contributed by atoms with Crippen LogP contribution >= 0.6 is 34.9 Å². The van der Waals surface area contributed by atoms with Crippen molar-refractivity contribution in [3.05, 3.63) is 0 Å². The molecule has 0 aromatic carbocycles. The number of hydrogen-bond donors (Lipinski definition) is 2. The quantitative estimate of drug-likeness (QED) is 0.503. The van der Waals surface area contributed by atoms with Crippen molar-refractivity contribution in [2.24, 2.45) is 0 Å². The average molecular weight is 336 g/mol. The molecule has 1 aromatic heterocycles. The Morgan fingerprint density at radius 1 is 1.40 bits per heavy atom. The Balaban J connectivity index is 2.42. The standard InChI is InChI=1S/C12H21N3O2S3/c1-4-12(9(16)17,13-5-2)7-6-8-19-11-15-14-10(18-3)20-11/h13H,4-8H2,1-3H3,(H,16,17). The Kier molecular flexibility index (Phi) is 7.86. The van der Waals surface area contributed by atoms with E-state index in [0.29, 0.717) is 19.4 Å². The van der Waals surface area contributed by atoms with Crippen molar-refractivity contribution in [1.82, 2.24) is 15.5 Å². The van der Waals surface area contributed by atoms with Crippen molar-refractivity contribution in [2.75, 3.05) is 18.6 Å². The van der Waals surface area contributed by atoms with Crippen LogP contribution in [0.5, 0.6) is 0 Å². The third kappa shape index (κ3) is 4.91. The van der Waals surface area contributed by atoms with Crippen LogP contribution in [0.15, 0.2) is 8.68 Å². The molecule has 1 atom stereocenters. The Hall–Kier alpha value is -0.310. The number of aromatic nitrogens is 2. The zero-order chi connectivity index (χ0) is 15.0. The molecule has 20 heavy (non-hydrogen) atoms. The molecule has 1 aromatic rings. The van der Waals surface area contributed by atoms with Crippen LogP contribution < -0.4 is 5.32 Å². The number of carboxylic acid groups (broad SMARTS) is 1. The number of thioether (sulfide) groups is 2. The van der Waals surface area contributed by atoms with Crippen LogP contribution in [0.25, 0.3) is 0 Å². The largest absolute Gasteiger partial charge is 0.480 e. The van der Waals surface area contributed by atoms with E-state index in [-0.39, 0.29) is 0 Å². The molecule has 0 aliphatic rings. The van der Waals surface area contributed by atoms with E-state index in [0.717, 1.165) is 20.9 Å². The van der Waals surface area contributed by atoms with E-state index in [1.807, 2.05) is 20.1 Å². The number of likely N-dealkylation sites (N-methyl/N-ethyl adjacent to an activating group) is 1. The molecular weight excluding hydrogens is 314 g/mol. The molecular formula is C12H21N3O2S3. The first-order valence-electron chi connectivity index (χ1n) is 6.56. The van der Waals surface area contributed by atoms with Gasteiger partial charge in [0.25, 0.3) is 0 Å². The molecule has 0 fully saturated rings. The van der Waals surface area contributed by atoms with Gasteiger partial charge in [0, 0.05) is 5.75 Å². The monoisotopic (exact) mass is 335 g/mol. The highest BCUT2D eigenvalue weighted by Gasteiger charge is 2.34. The summed E-state index contributed by atoms with van der Waals surface area (Å²) in [6, 6.07) is 0. The summed E-state index contributed by atoms with van der Waals surface area (Å²) in [5.41, 5.74) is -0.791. The van der Waals surface area contributed by atoms with Gasteiger partial charge in [-0.25, -0.2) is 0 Å². The second-order valence-electron chi connectivity index (χ2n) is 4.26. The fraction of sp³-hybridized carbons (Fsp3) is 0.750. The third-order valence-corrected chi connectivity index (χ3v) is 6.18. The Morgan fingerprint density at radius 2 is 2.10 bits per heavy atom. The number of rotatable bonds is 10.